The first-order valence-corrected chi connectivity index (χ1v) is 5.34. The van der Waals surface area contributed by atoms with Gasteiger partial charge in [0.15, 0.2) is 5.13 Å². The summed E-state index contributed by atoms with van der Waals surface area (Å²) in [5.74, 6) is 0.974. The van der Waals surface area contributed by atoms with Crippen LogP contribution in [0.2, 0.25) is 0 Å². The van der Waals surface area contributed by atoms with Gasteiger partial charge in [-0.2, -0.15) is 0 Å². The lowest BCUT2D eigenvalue weighted by molar-refractivity contribution is 0.831. The van der Waals surface area contributed by atoms with Crippen molar-refractivity contribution in [1.29, 1.82) is 0 Å². The lowest BCUT2D eigenvalue weighted by atomic mass is 10.4. The van der Waals surface area contributed by atoms with Crippen molar-refractivity contribution in [2.45, 2.75) is 13.3 Å². The van der Waals surface area contributed by atoms with Crippen LogP contribution in [0.25, 0.3) is 5.13 Å². The van der Waals surface area contributed by atoms with E-state index in [2.05, 4.69) is 9.97 Å². The molecule has 2 rings (SSSR count). The molecule has 0 bridgehead atoms. The highest BCUT2D eigenvalue weighted by Gasteiger charge is 2.06. The highest BCUT2D eigenvalue weighted by Crippen LogP contribution is 2.15. The minimum atomic E-state index is 0.612. The summed E-state index contributed by atoms with van der Waals surface area (Å²) in [5, 5.41) is 2.99. The summed E-state index contributed by atoms with van der Waals surface area (Å²) in [4.78, 5) is 8.64. The minimum absolute atomic E-state index is 0.612. The summed E-state index contributed by atoms with van der Waals surface area (Å²) >= 11 is 1.62. The van der Waals surface area contributed by atoms with Crippen LogP contribution in [0, 0.1) is 6.92 Å². The highest BCUT2D eigenvalue weighted by atomic mass is 32.1. The van der Waals surface area contributed by atoms with Gasteiger partial charge < -0.3 is 5.73 Å². The van der Waals surface area contributed by atoms with E-state index in [9.17, 15) is 0 Å². The van der Waals surface area contributed by atoms with Gasteiger partial charge in [0.25, 0.3) is 0 Å². The Balaban J connectivity index is 2.36. The van der Waals surface area contributed by atoms with Gasteiger partial charge >= 0.3 is 0 Å². The Morgan fingerprint density at radius 1 is 1.57 bits per heavy atom. The highest BCUT2D eigenvalue weighted by molar-refractivity contribution is 7.12. The number of nitrogens with two attached hydrogens (primary N) is 1. The van der Waals surface area contributed by atoms with Crippen molar-refractivity contribution >= 4 is 11.3 Å². The molecule has 0 atom stereocenters. The molecule has 0 aromatic carbocycles. The van der Waals surface area contributed by atoms with Gasteiger partial charge in [0.2, 0.25) is 0 Å². The van der Waals surface area contributed by atoms with Crippen LogP contribution in [-0.4, -0.2) is 21.1 Å². The maximum absolute atomic E-state index is 5.50. The summed E-state index contributed by atoms with van der Waals surface area (Å²) in [7, 11) is 0. The molecule has 0 aliphatic heterocycles. The van der Waals surface area contributed by atoms with E-state index in [-0.39, 0.29) is 0 Å². The average Bonchev–Trinajstić information content (AvgIpc) is 2.74. The quantitative estimate of drug-likeness (QED) is 0.823. The summed E-state index contributed by atoms with van der Waals surface area (Å²) in [6, 6.07) is 0. The molecule has 2 aromatic rings. The number of hydrogen-bond donors (Lipinski definition) is 1. The largest absolute Gasteiger partial charge is 0.330 e. The van der Waals surface area contributed by atoms with E-state index < -0.39 is 0 Å². The van der Waals surface area contributed by atoms with Gasteiger partial charge in [-0.05, 0) is 13.5 Å². The van der Waals surface area contributed by atoms with E-state index in [0.29, 0.717) is 6.54 Å². The van der Waals surface area contributed by atoms with Gasteiger partial charge in [0.05, 0.1) is 5.69 Å². The number of nitrogens with zero attached hydrogens (tertiary/aromatic N) is 3. The predicted molar refractivity (Wildman–Crippen MR) is 56.7 cm³/mol. The third-order valence-corrected chi connectivity index (χ3v) is 2.86. The number of thiazole rings is 1. The summed E-state index contributed by atoms with van der Waals surface area (Å²) in [5.41, 5.74) is 6.54. The van der Waals surface area contributed by atoms with Crippen molar-refractivity contribution < 1.29 is 0 Å². The second-order valence-electron chi connectivity index (χ2n) is 3.02. The van der Waals surface area contributed by atoms with Crippen LogP contribution >= 0.6 is 11.3 Å². The Morgan fingerprint density at radius 2 is 2.43 bits per heavy atom. The normalized spacial score (nSPS) is 10.7. The van der Waals surface area contributed by atoms with Crippen LogP contribution in [0.3, 0.4) is 0 Å². The van der Waals surface area contributed by atoms with Gasteiger partial charge in [-0.3, -0.25) is 4.57 Å². The first kappa shape index (κ1) is 9.36. The summed E-state index contributed by atoms with van der Waals surface area (Å²) in [6.07, 6.45) is 4.48. The molecule has 2 heterocycles. The van der Waals surface area contributed by atoms with E-state index >= 15 is 0 Å². The first-order chi connectivity index (χ1) is 6.81. The average molecular weight is 208 g/mol. The second kappa shape index (κ2) is 3.89. The maximum atomic E-state index is 5.50. The molecule has 4 nitrogen and oxygen atoms in total. The Bertz CT molecular complexity index is 418. The molecule has 0 saturated carbocycles. The molecular formula is C9H12N4S. The molecule has 0 amide bonds. The Hall–Kier alpha value is -1.20. The third kappa shape index (κ3) is 1.69. The number of aryl methyl sites for hydroxylation is 1. The van der Waals surface area contributed by atoms with Crippen molar-refractivity contribution in [3.8, 4) is 5.13 Å². The maximum Gasteiger partial charge on any atom is 0.195 e. The zero-order chi connectivity index (χ0) is 9.97. The van der Waals surface area contributed by atoms with Crippen molar-refractivity contribution in [3.05, 3.63) is 29.3 Å². The molecule has 5 heteroatoms. The zero-order valence-corrected chi connectivity index (χ0v) is 8.79. The minimum Gasteiger partial charge on any atom is -0.330 e. The summed E-state index contributed by atoms with van der Waals surface area (Å²) < 4.78 is 1.99. The van der Waals surface area contributed by atoms with Crippen molar-refractivity contribution in [3.63, 3.8) is 0 Å². The Morgan fingerprint density at radius 3 is 3.07 bits per heavy atom. The fraction of sp³-hybridized carbons (Fsp3) is 0.333. The van der Waals surface area contributed by atoms with Crippen LogP contribution < -0.4 is 5.73 Å². The monoisotopic (exact) mass is 208 g/mol. The molecule has 0 spiro atoms. The summed E-state index contributed by atoms with van der Waals surface area (Å²) in [6.45, 7) is 2.60. The van der Waals surface area contributed by atoms with E-state index in [1.165, 1.54) is 0 Å². The van der Waals surface area contributed by atoms with Crippen LogP contribution in [0.15, 0.2) is 17.8 Å². The third-order valence-electron chi connectivity index (χ3n) is 1.90. The molecule has 0 aliphatic rings. The number of imidazole rings is 1. The molecule has 0 aliphatic carbocycles. The van der Waals surface area contributed by atoms with E-state index in [1.807, 2.05) is 23.1 Å². The van der Waals surface area contributed by atoms with Gasteiger partial charge in [0.1, 0.15) is 5.82 Å². The predicted octanol–water partition coefficient (Wildman–Crippen LogP) is 1.14. The lowest BCUT2D eigenvalue weighted by Gasteiger charge is -2.01. The molecular weight excluding hydrogens is 196 g/mol. The topological polar surface area (TPSA) is 56.7 Å². The zero-order valence-electron chi connectivity index (χ0n) is 7.97. The van der Waals surface area contributed by atoms with Gasteiger partial charge in [0, 0.05) is 24.2 Å². The van der Waals surface area contributed by atoms with E-state index in [4.69, 9.17) is 5.73 Å². The Labute approximate surface area is 86.4 Å². The van der Waals surface area contributed by atoms with Gasteiger partial charge in [-0.1, -0.05) is 0 Å². The van der Waals surface area contributed by atoms with Crippen molar-refractivity contribution in [2.75, 3.05) is 6.54 Å². The van der Waals surface area contributed by atoms with E-state index in [1.54, 1.807) is 17.5 Å². The SMILES string of the molecule is Cc1csc(-n2ccnc2CCN)n1. The van der Waals surface area contributed by atoms with Crippen molar-refractivity contribution in [2.24, 2.45) is 5.73 Å². The first-order valence-electron chi connectivity index (χ1n) is 4.46. The number of hydrogen-bond acceptors (Lipinski definition) is 4. The van der Waals surface area contributed by atoms with Gasteiger partial charge in [-0.25, -0.2) is 9.97 Å². The number of rotatable bonds is 3. The molecule has 0 radical (unpaired) electrons. The molecule has 2 N–H and O–H groups in total. The smallest absolute Gasteiger partial charge is 0.195 e. The molecule has 0 saturated heterocycles. The van der Waals surface area contributed by atoms with Crippen LogP contribution in [0.1, 0.15) is 11.5 Å². The lowest BCUT2D eigenvalue weighted by Crippen LogP contribution is -2.08. The molecule has 0 unspecified atom stereocenters. The number of aromatic nitrogens is 3. The fourth-order valence-corrected chi connectivity index (χ4v) is 2.08. The van der Waals surface area contributed by atoms with Gasteiger partial charge in [-0.15, -0.1) is 11.3 Å². The molecule has 0 fully saturated rings. The molecule has 2 aromatic heterocycles. The van der Waals surface area contributed by atoms with E-state index in [0.717, 1.165) is 23.1 Å². The standard InChI is InChI=1S/C9H12N4S/c1-7-6-14-9(12-7)13-5-4-11-8(13)2-3-10/h4-6H,2-3,10H2,1H3. The van der Waals surface area contributed by atoms with Crippen LogP contribution in [0.5, 0.6) is 0 Å². The van der Waals surface area contributed by atoms with Crippen LogP contribution in [-0.2, 0) is 6.42 Å². The van der Waals surface area contributed by atoms with Crippen molar-refractivity contribution in [1.82, 2.24) is 14.5 Å². The molecule has 14 heavy (non-hydrogen) atoms. The van der Waals surface area contributed by atoms with Crippen LogP contribution in [0.4, 0.5) is 0 Å². The molecule has 74 valence electrons. The Kier molecular flexibility index (Phi) is 2.60. The second-order valence-corrected chi connectivity index (χ2v) is 3.86. The fourth-order valence-electron chi connectivity index (χ4n) is 1.27.